The zero-order chi connectivity index (χ0) is 46.9. The van der Waals surface area contributed by atoms with Crippen LogP contribution in [0, 0.1) is 0 Å². The first-order valence-electron chi connectivity index (χ1n) is 21.6. The first-order chi connectivity index (χ1) is 31.8. The Morgan fingerprint density at radius 2 is 1.11 bits per heavy atom. The van der Waals surface area contributed by atoms with Gasteiger partial charge in [-0.3, -0.25) is 9.45 Å². The molecule has 0 amide bonds. The summed E-state index contributed by atoms with van der Waals surface area (Å²) in [5, 5.41) is 0. The van der Waals surface area contributed by atoms with Gasteiger partial charge >= 0.3 is 10.4 Å². The van der Waals surface area contributed by atoms with E-state index in [4.69, 9.17) is 61.0 Å². The third-order valence-electron chi connectivity index (χ3n) is 12.4. The zero-order valence-corrected chi connectivity index (χ0v) is 39.1. The van der Waals surface area contributed by atoms with Crippen LogP contribution in [0.4, 0.5) is 0 Å². The van der Waals surface area contributed by atoms with Crippen LogP contribution in [0.5, 0.6) is 17.2 Å². The molecule has 3 aliphatic heterocycles. The lowest BCUT2D eigenvalue weighted by Gasteiger charge is -2.57. The number of hydrogen-bond acceptors (Lipinski definition) is 16. The molecule has 7 rings (SSSR count). The molecule has 0 spiro atoms. The summed E-state index contributed by atoms with van der Waals surface area (Å²) in [6.45, 7) is 4.53. The highest BCUT2D eigenvalue weighted by atomic mass is 32.3. The van der Waals surface area contributed by atoms with Gasteiger partial charge in [0.05, 0.1) is 66.5 Å². The van der Waals surface area contributed by atoms with E-state index in [2.05, 4.69) is 4.90 Å². The normalized spacial score (nSPS) is 29.0. The van der Waals surface area contributed by atoms with Crippen molar-refractivity contribution in [1.29, 1.82) is 0 Å². The Bertz CT molecular complexity index is 2220. The molecule has 1 N–H and O–H groups in total. The van der Waals surface area contributed by atoms with E-state index in [1.165, 1.54) is 14.2 Å². The molecule has 0 unspecified atom stereocenters. The van der Waals surface area contributed by atoms with E-state index in [1.54, 1.807) is 35.2 Å². The van der Waals surface area contributed by atoms with Crippen molar-refractivity contribution in [2.24, 2.45) is 0 Å². The van der Waals surface area contributed by atoms with E-state index in [1.807, 2.05) is 103 Å². The van der Waals surface area contributed by atoms with Crippen molar-refractivity contribution in [3.05, 3.63) is 125 Å². The largest absolute Gasteiger partial charge is 0.497 e. The van der Waals surface area contributed by atoms with Gasteiger partial charge in [-0.05, 0) is 72.5 Å². The van der Waals surface area contributed by atoms with Gasteiger partial charge in [0.15, 0.2) is 6.29 Å². The molecule has 0 aromatic heterocycles. The molecule has 0 saturated carbocycles. The molecule has 3 heterocycles. The summed E-state index contributed by atoms with van der Waals surface area (Å²) in [6.07, 6.45) is -7.28. The fourth-order valence-electron chi connectivity index (χ4n) is 8.42. The molecule has 360 valence electrons. The summed E-state index contributed by atoms with van der Waals surface area (Å²) in [4.78, 5) is 2.06. The Morgan fingerprint density at radius 3 is 1.62 bits per heavy atom. The van der Waals surface area contributed by atoms with E-state index in [-0.39, 0.29) is 46.1 Å². The number of rotatable bonds is 22. The second-order valence-electron chi connectivity index (χ2n) is 16.5. The number of nitrogens with zero attached hydrogens (tertiary/aromatic N) is 1. The quantitative estimate of drug-likeness (QED) is 0.0946. The first-order valence-corrected chi connectivity index (χ1v) is 23.0. The maximum absolute atomic E-state index is 12.8. The second-order valence-corrected chi connectivity index (χ2v) is 17.5. The lowest BCUT2D eigenvalue weighted by atomic mass is 9.93. The van der Waals surface area contributed by atoms with Crippen LogP contribution in [0.1, 0.15) is 36.1 Å². The average Bonchev–Trinajstić information content (AvgIpc) is 3.66. The summed E-state index contributed by atoms with van der Waals surface area (Å²) >= 11 is 0. The van der Waals surface area contributed by atoms with Crippen LogP contribution in [0.25, 0.3) is 0 Å². The van der Waals surface area contributed by atoms with Gasteiger partial charge in [-0.25, -0.2) is 4.18 Å². The Labute approximate surface area is 386 Å². The van der Waals surface area contributed by atoms with Crippen LogP contribution in [0.2, 0.25) is 0 Å². The maximum Gasteiger partial charge on any atom is 0.397 e. The van der Waals surface area contributed by atoms with E-state index < -0.39 is 70.9 Å². The SMILES string of the molecule is COc1ccc(COC[C@@H]2[C@@H](OCc3ccc(OC)cc3)[C@H](OCc3ccc(OC)cc3)CN2C[C@H]2O[C@@H](OCc3ccccc3)[C@@H]3O[C@@](C)(OC)[C@](C)(OC)O[C@H]3[C@@H]2OS(=O)(=O)O)cc1. The number of fused-ring (bicyclic) bond motifs is 1. The summed E-state index contributed by atoms with van der Waals surface area (Å²) in [6, 6.07) is 31.8. The molecule has 3 fully saturated rings. The number of hydrogen-bond donors (Lipinski definition) is 1. The molecule has 3 saturated heterocycles. The van der Waals surface area contributed by atoms with Crippen molar-refractivity contribution in [1.82, 2.24) is 4.90 Å². The van der Waals surface area contributed by atoms with E-state index in [0.29, 0.717) is 11.5 Å². The van der Waals surface area contributed by atoms with E-state index in [0.717, 1.165) is 28.0 Å². The number of ether oxygens (including phenoxy) is 12. The van der Waals surface area contributed by atoms with Gasteiger partial charge in [0, 0.05) is 27.3 Å². The van der Waals surface area contributed by atoms with Gasteiger partial charge < -0.3 is 56.8 Å². The topological polar surface area (TPSA) is 178 Å². The predicted molar refractivity (Wildman–Crippen MR) is 238 cm³/mol. The molecule has 3 aliphatic rings. The molecule has 0 radical (unpaired) electrons. The third kappa shape index (κ3) is 12.1. The summed E-state index contributed by atoms with van der Waals surface area (Å²) < 4.78 is 115. The monoisotopic (exact) mass is 939 g/mol. The molecular formula is C48H61NO16S. The summed E-state index contributed by atoms with van der Waals surface area (Å²) in [5.41, 5.74) is 3.58. The molecule has 0 bridgehead atoms. The first kappa shape index (κ1) is 49.6. The van der Waals surface area contributed by atoms with Gasteiger partial charge in [-0.2, -0.15) is 8.42 Å². The highest BCUT2D eigenvalue weighted by Gasteiger charge is 2.64. The number of likely N-dealkylation sites (tertiary alicyclic amines) is 1. The molecule has 17 nitrogen and oxygen atoms in total. The van der Waals surface area contributed by atoms with Crippen LogP contribution in [0.3, 0.4) is 0 Å². The molecular weight excluding hydrogens is 879 g/mol. The zero-order valence-electron chi connectivity index (χ0n) is 38.3. The standard InChI is InChI=1S/C48H61NO16S/c1-47(56-6)48(2,57-7)64-45-44(63-47)43(65-66(50,51)52)41(62-46(45)61-30-32-11-9-8-10-12-32)26-49-25-40(59-28-34-15-21-37(54-4)22-16-34)42(60-29-35-17-23-38(55-5)24-18-35)39(49)31-58-27-33-13-19-36(53-3)20-14-33/h8-24,39-46H,25-31H2,1-7H3,(H,50,51,52)/t39-,40-,41-,42-,43-,44+,45-,46-,47-,48-/m1/s1. The smallest absolute Gasteiger partial charge is 0.397 e. The Morgan fingerprint density at radius 1 is 0.621 bits per heavy atom. The second kappa shape index (κ2) is 22.2. The van der Waals surface area contributed by atoms with Gasteiger partial charge in [0.2, 0.25) is 11.6 Å². The van der Waals surface area contributed by atoms with Gasteiger partial charge in [0.25, 0.3) is 0 Å². The van der Waals surface area contributed by atoms with Crippen molar-refractivity contribution in [2.45, 2.75) is 101 Å². The van der Waals surface area contributed by atoms with Crippen LogP contribution < -0.4 is 14.2 Å². The van der Waals surface area contributed by atoms with Gasteiger partial charge in [-0.15, -0.1) is 0 Å². The number of methoxy groups -OCH3 is 5. The lowest BCUT2D eigenvalue weighted by molar-refractivity contribution is -0.483. The molecule has 4 aromatic carbocycles. The summed E-state index contributed by atoms with van der Waals surface area (Å²) in [5.74, 6) is -0.976. The van der Waals surface area contributed by atoms with Crippen LogP contribution in [-0.2, 0) is 83.6 Å². The highest BCUT2D eigenvalue weighted by molar-refractivity contribution is 7.80. The van der Waals surface area contributed by atoms with Crippen molar-refractivity contribution in [3.8, 4) is 17.2 Å². The Kier molecular flexibility index (Phi) is 16.7. The van der Waals surface area contributed by atoms with Gasteiger partial charge in [-0.1, -0.05) is 66.7 Å². The maximum atomic E-state index is 12.8. The van der Waals surface area contributed by atoms with Crippen molar-refractivity contribution in [3.63, 3.8) is 0 Å². The fourth-order valence-corrected chi connectivity index (χ4v) is 8.93. The molecule has 18 heteroatoms. The minimum Gasteiger partial charge on any atom is -0.497 e. The Hall–Kier alpha value is -4.25. The number of benzene rings is 4. The molecule has 10 atom stereocenters. The third-order valence-corrected chi connectivity index (χ3v) is 12.9. The fraction of sp³-hybridized carbons (Fsp3) is 0.500. The minimum atomic E-state index is -5.11. The van der Waals surface area contributed by atoms with E-state index >= 15 is 0 Å². The minimum absolute atomic E-state index is 0.00452. The Balaban J connectivity index is 1.23. The molecule has 66 heavy (non-hydrogen) atoms. The van der Waals surface area contributed by atoms with Crippen LogP contribution in [0.15, 0.2) is 103 Å². The molecule has 0 aliphatic carbocycles. The molecule has 4 aromatic rings. The van der Waals surface area contributed by atoms with Gasteiger partial charge in [0.1, 0.15) is 47.8 Å². The van der Waals surface area contributed by atoms with Crippen molar-refractivity contribution < 1.29 is 74.0 Å². The highest BCUT2D eigenvalue weighted by Crippen LogP contribution is 2.45. The summed E-state index contributed by atoms with van der Waals surface area (Å²) in [7, 11) is 2.57. The van der Waals surface area contributed by atoms with E-state index in [9.17, 15) is 13.0 Å². The van der Waals surface area contributed by atoms with Crippen LogP contribution in [-0.4, -0.2) is 134 Å². The average molecular weight is 940 g/mol. The predicted octanol–water partition coefficient (Wildman–Crippen LogP) is 5.72. The van der Waals surface area contributed by atoms with Crippen molar-refractivity contribution in [2.75, 3.05) is 55.2 Å². The lowest BCUT2D eigenvalue weighted by Crippen LogP contribution is -2.73. The van der Waals surface area contributed by atoms with Crippen molar-refractivity contribution >= 4 is 10.4 Å². The van der Waals surface area contributed by atoms with Crippen LogP contribution >= 0.6 is 0 Å².